The summed E-state index contributed by atoms with van der Waals surface area (Å²) in [5.74, 6) is 0.933. The standard InChI is InChI=1S/C17H25N3O3/c1-18(2)16(21)8-6-13-5-7-15-14(11-13)12-20(9-10-23-15)17(22)19(3)4/h5,7,11H,6,8-10,12H2,1-4H3. The van der Waals surface area contributed by atoms with Gasteiger partial charge >= 0.3 is 6.03 Å². The number of hydrogen-bond acceptors (Lipinski definition) is 3. The fourth-order valence-corrected chi connectivity index (χ4v) is 2.52. The molecule has 126 valence electrons. The van der Waals surface area contributed by atoms with Gasteiger partial charge in [-0.2, -0.15) is 0 Å². The van der Waals surface area contributed by atoms with Crippen LogP contribution in [0.25, 0.3) is 0 Å². The van der Waals surface area contributed by atoms with E-state index in [-0.39, 0.29) is 11.9 Å². The molecule has 0 aromatic heterocycles. The molecule has 0 unspecified atom stereocenters. The summed E-state index contributed by atoms with van der Waals surface area (Å²) >= 11 is 0. The van der Waals surface area contributed by atoms with Crippen molar-refractivity contribution >= 4 is 11.9 Å². The van der Waals surface area contributed by atoms with E-state index in [1.54, 1.807) is 42.9 Å². The third-order valence-electron chi connectivity index (χ3n) is 3.88. The van der Waals surface area contributed by atoms with Crippen LogP contribution < -0.4 is 4.74 Å². The Balaban J connectivity index is 2.11. The van der Waals surface area contributed by atoms with Crippen LogP contribution in [0.1, 0.15) is 17.5 Å². The maximum atomic E-state index is 12.2. The van der Waals surface area contributed by atoms with Crippen LogP contribution in [0.2, 0.25) is 0 Å². The van der Waals surface area contributed by atoms with E-state index in [0.717, 1.165) is 16.9 Å². The molecule has 1 heterocycles. The van der Waals surface area contributed by atoms with E-state index < -0.39 is 0 Å². The Morgan fingerprint density at radius 3 is 2.57 bits per heavy atom. The Bertz CT molecular complexity index is 584. The summed E-state index contributed by atoms with van der Waals surface area (Å²) in [6.07, 6.45) is 1.17. The monoisotopic (exact) mass is 319 g/mol. The first kappa shape index (κ1) is 17.1. The van der Waals surface area contributed by atoms with Gasteiger partial charge in [-0.25, -0.2) is 4.79 Å². The van der Waals surface area contributed by atoms with Gasteiger partial charge in [-0.1, -0.05) is 12.1 Å². The van der Waals surface area contributed by atoms with Crippen molar-refractivity contribution in [1.29, 1.82) is 0 Å². The number of carbonyl (C=O) groups excluding carboxylic acids is 2. The maximum absolute atomic E-state index is 12.2. The Hall–Kier alpha value is -2.24. The van der Waals surface area contributed by atoms with E-state index in [1.165, 1.54) is 0 Å². The van der Waals surface area contributed by atoms with Crippen molar-refractivity contribution in [3.8, 4) is 5.75 Å². The molecule has 0 bridgehead atoms. The molecule has 0 fully saturated rings. The molecule has 6 nitrogen and oxygen atoms in total. The first-order valence-corrected chi connectivity index (χ1v) is 7.79. The zero-order valence-electron chi connectivity index (χ0n) is 14.3. The molecule has 0 saturated carbocycles. The molecule has 0 aliphatic carbocycles. The Morgan fingerprint density at radius 2 is 1.91 bits per heavy atom. The highest BCUT2D eigenvalue weighted by Crippen LogP contribution is 2.25. The minimum Gasteiger partial charge on any atom is -0.491 e. The van der Waals surface area contributed by atoms with Gasteiger partial charge in [0.25, 0.3) is 0 Å². The highest BCUT2D eigenvalue weighted by molar-refractivity contribution is 5.76. The van der Waals surface area contributed by atoms with Gasteiger partial charge in [0.05, 0.1) is 13.1 Å². The summed E-state index contributed by atoms with van der Waals surface area (Å²) in [5, 5.41) is 0. The van der Waals surface area contributed by atoms with E-state index in [9.17, 15) is 9.59 Å². The zero-order chi connectivity index (χ0) is 17.0. The number of amides is 3. The second-order valence-corrected chi connectivity index (χ2v) is 6.18. The lowest BCUT2D eigenvalue weighted by Crippen LogP contribution is -2.39. The molecule has 0 radical (unpaired) electrons. The molecule has 0 N–H and O–H groups in total. The molecule has 1 aromatic rings. The van der Waals surface area contributed by atoms with E-state index in [1.807, 2.05) is 18.2 Å². The summed E-state index contributed by atoms with van der Waals surface area (Å²) in [6, 6.07) is 5.95. The minimum atomic E-state index is -0.0189. The Morgan fingerprint density at radius 1 is 1.17 bits per heavy atom. The van der Waals surface area contributed by atoms with E-state index in [2.05, 4.69) is 0 Å². The summed E-state index contributed by atoms with van der Waals surface area (Å²) in [4.78, 5) is 28.9. The first-order valence-electron chi connectivity index (χ1n) is 7.79. The quantitative estimate of drug-likeness (QED) is 0.850. The van der Waals surface area contributed by atoms with Crippen LogP contribution in [-0.4, -0.2) is 68.0 Å². The van der Waals surface area contributed by atoms with E-state index in [0.29, 0.717) is 32.5 Å². The topological polar surface area (TPSA) is 53.1 Å². The number of nitrogens with zero attached hydrogens (tertiary/aromatic N) is 3. The Labute approximate surface area is 137 Å². The van der Waals surface area contributed by atoms with Crippen molar-refractivity contribution in [2.45, 2.75) is 19.4 Å². The fourth-order valence-electron chi connectivity index (χ4n) is 2.52. The average molecular weight is 319 g/mol. The van der Waals surface area contributed by atoms with Crippen LogP contribution >= 0.6 is 0 Å². The molecular weight excluding hydrogens is 294 g/mol. The SMILES string of the molecule is CN(C)C(=O)CCc1ccc2c(c1)CN(C(=O)N(C)C)CCO2. The lowest BCUT2D eigenvalue weighted by Gasteiger charge is -2.24. The van der Waals surface area contributed by atoms with Gasteiger partial charge in [-0.15, -0.1) is 0 Å². The molecule has 1 aliphatic heterocycles. The van der Waals surface area contributed by atoms with Crippen molar-refractivity contribution in [2.24, 2.45) is 0 Å². The number of hydrogen-bond donors (Lipinski definition) is 0. The van der Waals surface area contributed by atoms with Gasteiger partial charge in [-0.3, -0.25) is 4.79 Å². The van der Waals surface area contributed by atoms with Crippen LogP contribution in [0.15, 0.2) is 18.2 Å². The molecule has 0 atom stereocenters. The third kappa shape index (κ3) is 4.37. The number of aryl methyl sites for hydroxylation is 1. The molecule has 3 amide bonds. The summed E-state index contributed by atoms with van der Waals surface area (Å²) in [5.41, 5.74) is 2.08. The number of urea groups is 1. The smallest absolute Gasteiger partial charge is 0.319 e. The average Bonchev–Trinajstić information content (AvgIpc) is 2.73. The number of fused-ring (bicyclic) bond motifs is 1. The third-order valence-corrected chi connectivity index (χ3v) is 3.88. The van der Waals surface area contributed by atoms with Gasteiger partial charge in [0.15, 0.2) is 0 Å². The summed E-state index contributed by atoms with van der Waals surface area (Å²) < 4.78 is 5.74. The normalized spacial score (nSPS) is 13.7. The van der Waals surface area contributed by atoms with E-state index in [4.69, 9.17) is 4.74 Å². The van der Waals surface area contributed by atoms with Gasteiger partial charge in [0, 0.05) is 40.2 Å². The molecular formula is C17H25N3O3. The van der Waals surface area contributed by atoms with Crippen molar-refractivity contribution in [3.63, 3.8) is 0 Å². The van der Waals surface area contributed by atoms with Crippen LogP contribution in [0.3, 0.4) is 0 Å². The van der Waals surface area contributed by atoms with Gasteiger partial charge < -0.3 is 19.4 Å². The summed E-state index contributed by atoms with van der Waals surface area (Å²) in [7, 11) is 7.02. The number of rotatable bonds is 3. The van der Waals surface area contributed by atoms with Crippen molar-refractivity contribution in [2.75, 3.05) is 41.3 Å². The molecule has 1 aliphatic rings. The predicted molar refractivity (Wildman–Crippen MR) is 88.4 cm³/mol. The molecule has 2 rings (SSSR count). The van der Waals surface area contributed by atoms with Crippen molar-refractivity contribution < 1.29 is 14.3 Å². The molecule has 23 heavy (non-hydrogen) atoms. The molecule has 0 spiro atoms. The van der Waals surface area contributed by atoms with Gasteiger partial charge in [0.2, 0.25) is 5.91 Å². The summed E-state index contributed by atoms with van der Waals surface area (Å²) in [6.45, 7) is 1.59. The lowest BCUT2D eigenvalue weighted by atomic mass is 10.0. The minimum absolute atomic E-state index is 0.0189. The van der Waals surface area contributed by atoms with Gasteiger partial charge in [0.1, 0.15) is 12.4 Å². The van der Waals surface area contributed by atoms with Crippen molar-refractivity contribution in [3.05, 3.63) is 29.3 Å². The number of ether oxygens (including phenoxy) is 1. The second kappa shape index (κ2) is 7.35. The molecule has 0 saturated heterocycles. The second-order valence-electron chi connectivity index (χ2n) is 6.18. The predicted octanol–water partition coefficient (Wildman–Crippen LogP) is 1.58. The van der Waals surface area contributed by atoms with Crippen LogP contribution in [0, 0.1) is 0 Å². The van der Waals surface area contributed by atoms with Crippen LogP contribution in [0.5, 0.6) is 5.75 Å². The number of carbonyl (C=O) groups is 2. The highest BCUT2D eigenvalue weighted by atomic mass is 16.5. The molecule has 6 heteroatoms. The van der Waals surface area contributed by atoms with Crippen LogP contribution in [-0.2, 0) is 17.8 Å². The number of benzene rings is 1. The van der Waals surface area contributed by atoms with Gasteiger partial charge in [-0.05, 0) is 18.1 Å². The molecule has 1 aromatic carbocycles. The lowest BCUT2D eigenvalue weighted by molar-refractivity contribution is -0.128. The van der Waals surface area contributed by atoms with Crippen molar-refractivity contribution in [1.82, 2.24) is 14.7 Å². The largest absolute Gasteiger partial charge is 0.491 e. The Kier molecular flexibility index (Phi) is 5.47. The van der Waals surface area contributed by atoms with E-state index >= 15 is 0 Å². The maximum Gasteiger partial charge on any atom is 0.319 e. The highest BCUT2D eigenvalue weighted by Gasteiger charge is 2.21. The zero-order valence-corrected chi connectivity index (χ0v) is 14.3. The van der Waals surface area contributed by atoms with Crippen LogP contribution in [0.4, 0.5) is 4.79 Å². The first-order chi connectivity index (χ1) is 10.9. The fraction of sp³-hybridized carbons (Fsp3) is 0.529.